The van der Waals surface area contributed by atoms with Gasteiger partial charge in [0.2, 0.25) is 0 Å². The molecule has 0 saturated carbocycles. The molecule has 6 heteroatoms. The first-order chi connectivity index (χ1) is 13.0. The molecule has 0 spiro atoms. The van der Waals surface area contributed by atoms with Crippen LogP contribution in [-0.4, -0.2) is 17.1 Å². The molecule has 2 aromatic rings. The molecular weight excluding hydrogens is 340 g/mol. The maximum Gasteiger partial charge on any atom is 0.407 e. The SMILES string of the molecule is CC(C)OC(=O)NCc1cc2c(c(-c3ccc(C#N)cc3)c1)CN(C#N)C2. The minimum atomic E-state index is -0.455. The van der Waals surface area contributed by atoms with Gasteiger partial charge in [0, 0.05) is 6.54 Å². The van der Waals surface area contributed by atoms with E-state index in [0.29, 0.717) is 25.2 Å². The Morgan fingerprint density at radius 3 is 2.59 bits per heavy atom. The molecule has 2 aromatic carbocycles. The van der Waals surface area contributed by atoms with Gasteiger partial charge in [-0.1, -0.05) is 18.2 Å². The number of carbonyl (C=O) groups excluding carboxylic acids is 1. The van der Waals surface area contributed by atoms with Crippen molar-refractivity contribution < 1.29 is 9.53 Å². The molecule has 0 saturated heterocycles. The van der Waals surface area contributed by atoms with Crippen molar-refractivity contribution in [3.63, 3.8) is 0 Å². The lowest BCUT2D eigenvalue weighted by atomic mass is 9.94. The maximum absolute atomic E-state index is 11.8. The van der Waals surface area contributed by atoms with Crippen LogP contribution in [0, 0.1) is 22.8 Å². The molecule has 0 bridgehead atoms. The molecule has 0 unspecified atom stereocenters. The van der Waals surface area contributed by atoms with Crippen LogP contribution in [0.5, 0.6) is 0 Å². The molecule has 0 radical (unpaired) electrons. The molecule has 1 heterocycles. The third-order valence-corrected chi connectivity index (χ3v) is 4.36. The van der Waals surface area contributed by atoms with Gasteiger partial charge >= 0.3 is 6.09 Å². The summed E-state index contributed by atoms with van der Waals surface area (Å²) in [6.07, 6.45) is 1.57. The summed E-state index contributed by atoms with van der Waals surface area (Å²) < 4.78 is 5.11. The number of ether oxygens (including phenoxy) is 1. The highest BCUT2D eigenvalue weighted by molar-refractivity contribution is 5.72. The quantitative estimate of drug-likeness (QED) is 0.841. The lowest BCUT2D eigenvalue weighted by molar-refractivity contribution is 0.115. The van der Waals surface area contributed by atoms with Crippen LogP contribution >= 0.6 is 0 Å². The van der Waals surface area contributed by atoms with Gasteiger partial charge in [0.25, 0.3) is 0 Å². The van der Waals surface area contributed by atoms with Gasteiger partial charge in [-0.05, 0) is 59.9 Å². The largest absolute Gasteiger partial charge is 0.447 e. The monoisotopic (exact) mass is 360 g/mol. The molecule has 0 aliphatic carbocycles. The predicted octanol–water partition coefficient (Wildman–Crippen LogP) is 3.66. The standard InChI is InChI=1S/C21H20N4O2/c1-14(2)27-21(26)24-10-16-7-18-11-25(13-23)12-20(18)19(8-16)17-5-3-15(9-22)4-6-17/h3-8,14H,10-12H2,1-2H3,(H,24,26). The summed E-state index contributed by atoms with van der Waals surface area (Å²) in [4.78, 5) is 13.5. The second-order valence-electron chi connectivity index (χ2n) is 6.73. The molecular formula is C21H20N4O2. The highest BCUT2D eigenvalue weighted by Crippen LogP contribution is 2.34. The summed E-state index contributed by atoms with van der Waals surface area (Å²) >= 11 is 0. The van der Waals surface area contributed by atoms with Gasteiger partial charge in [-0.2, -0.15) is 10.5 Å². The number of nitrogens with zero attached hydrogens (tertiary/aromatic N) is 3. The molecule has 0 atom stereocenters. The molecule has 136 valence electrons. The molecule has 1 aliphatic rings. The number of rotatable bonds is 4. The number of amides is 1. The van der Waals surface area contributed by atoms with Gasteiger partial charge in [-0.3, -0.25) is 0 Å². The summed E-state index contributed by atoms with van der Waals surface area (Å²) in [5.74, 6) is 0. The summed E-state index contributed by atoms with van der Waals surface area (Å²) in [5, 5.41) is 21.0. The van der Waals surface area contributed by atoms with E-state index >= 15 is 0 Å². The summed E-state index contributed by atoms with van der Waals surface area (Å²) in [6.45, 7) is 5.06. The normalized spacial score (nSPS) is 12.3. The Balaban J connectivity index is 1.92. The number of fused-ring (bicyclic) bond motifs is 1. The fourth-order valence-corrected chi connectivity index (χ4v) is 3.16. The van der Waals surface area contributed by atoms with Crippen molar-refractivity contribution in [3.05, 3.63) is 58.7 Å². The first-order valence-electron chi connectivity index (χ1n) is 8.74. The third kappa shape index (κ3) is 4.19. The van der Waals surface area contributed by atoms with Gasteiger partial charge in [-0.25, -0.2) is 4.79 Å². The Labute approximate surface area is 158 Å². The Kier molecular flexibility index (Phi) is 5.28. The maximum atomic E-state index is 11.8. The topological polar surface area (TPSA) is 89.2 Å². The van der Waals surface area contributed by atoms with Crippen molar-refractivity contribution in [1.82, 2.24) is 10.2 Å². The average molecular weight is 360 g/mol. The minimum Gasteiger partial charge on any atom is -0.447 e. The van der Waals surface area contributed by atoms with Gasteiger partial charge in [-0.15, -0.1) is 0 Å². The van der Waals surface area contributed by atoms with Crippen LogP contribution in [0.1, 0.15) is 36.1 Å². The zero-order valence-electron chi connectivity index (χ0n) is 15.3. The second-order valence-corrected chi connectivity index (χ2v) is 6.73. The highest BCUT2D eigenvalue weighted by atomic mass is 16.6. The van der Waals surface area contributed by atoms with Gasteiger partial charge < -0.3 is 15.0 Å². The molecule has 0 aromatic heterocycles. The van der Waals surface area contributed by atoms with E-state index in [2.05, 4.69) is 17.6 Å². The van der Waals surface area contributed by atoms with E-state index in [4.69, 9.17) is 10.00 Å². The Hall–Kier alpha value is -3.51. The van der Waals surface area contributed by atoms with Crippen molar-refractivity contribution in [1.29, 1.82) is 10.5 Å². The minimum absolute atomic E-state index is 0.177. The Morgan fingerprint density at radius 1 is 1.22 bits per heavy atom. The van der Waals surface area contributed by atoms with Gasteiger partial charge in [0.05, 0.1) is 30.8 Å². The van der Waals surface area contributed by atoms with Crippen molar-refractivity contribution in [2.45, 2.75) is 39.6 Å². The predicted molar refractivity (Wildman–Crippen MR) is 99.9 cm³/mol. The highest BCUT2D eigenvalue weighted by Gasteiger charge is 2.22. The number of carbonyl (C=O) groups is 1. The van der Waals surface area contributed by atoms with E-state index in [1.165, 1.54) is 0 Å². The molecule has 27 heavy (non-hydrogen) atoms. The van der Waals surface area contributed by atoms with E-state index in [-0.39, 0.29) is 6.10 Å². The number of benzene rings is 2. The van der Waals surface area contributed by atoms with E-state index < -0.39 is 6.09 Å². The molecule has 1 N–H and O–H groups in total. The van der Waals surface area contributed by atoms with Crippen molar-refractivity contribution in [3.8, 4) is 23.4 Å². The van der Waals surface area contributed by atoms with Crippen LogP contribution in [0.2, 0.25) is 0 Å². The fraction of sp³-hybridized carbons (Fsp3) is 0.286. The summed E-state index contributed by atoms with van der Waals surface area (Å²) in [5.41, 5.74) is 5.72. The Bertz CT molecular complexity index is 936. The van der Waals surface area contributed by atoms with Gasteiger partial charge in [0.1, 0.15) is 0 Å². The summed E-state index contributed by atoms with van der Waals surface area (Å²) in [6, 6.07) is 13.6. The second kappa shape index (κ2) is 7.80. The van der Waals surface area contributed by atoms with Crippen molar-refractivity contribution in [2.75, 3.05) is 0 Å². The molecule has 0 fully saturated rings. The fourth-order valence-electron chi connectivity index (χ4n) is 3.16. The number of hydrogen-bond donors (Lipinski definition) is 1. The zero-order chi connectivity index (χ0) is 19.4. The number of nitrogens with one attached hydrogen (secondary N) is 1. The molecule has 6 nitrogen and oxygen atoms in total. The number of hydrogen-bond acceptors (Lipinski definition) is 5. The Morgan fingerprint density at radius 2 is 1.96 bits per heavy atom. The van der Waals surface area contributed by atoms with Gasteiger partial charge in [0.15, 0.2) is 6.19 Å². The van der Waals surface area contributed by atoms with Crippen LogP contribution in [0.15, 0.2) is 36.4 Å². The smallest absolute Gasteiger partial charge is 0.407 e. The molecule has 1 amide bonds. The van der Waals surface area contributed by atoms with E-state index in [9.17, 15) is 10.1 Å². The summed E-state index contributed by atoms with van der Waals surface area (Å²) in [7, 11) is 0. The number of alkyl carbamates (subject to hydrolysis) is 1. The van der Waals surface area contributed by atoms with E-state index in [1.54, 1.807) is 30.9 Å². The number of nitriles is 2. The first kappa shape index (κ1) is 18.3. The zero-order valence-corrected chi connectivity index (χ0v) is 15.3. The van der Waals surface area contributed by atoms with Crippen LogP contribution in [0.25, 0.3) is 11.1 Å². The van der Waals surface area contributed by atoms with Crippen molar-refractivity contribution in [2.24, 2.45) is 0 Å². The average Bonchev–Trinajstić information content (AvgIpc) is 3.08. The van der Waals surface area contributed by atoms with Crippen LogP contribution in [0.3, 0.4) is 0 Å². The third-order valence-electron chi connectivity index (χ3n) is 4.36. The lowest BCUT2D eigenvalue weighted by Gasteiger charge is -2.13. The van der Waals surface area contributed by atoms with Crippen LogP contribution < -0.4 is 5.32 Å². The van der Waals surface area contributed by atoms with E-state index in [1.807, 2.05) is 24.3 Å². The first-order valence-corrected chi connectivity index (χ1v) is 8.74. The van der Waals surface area contributed by atoms with Crippen LogP contribution in [-0.2, 0) is 24.4 Å². The van der Waals surface area contributed by atoms with E-state index in [0.717, 1.165) is 27.8 Å². The lowest BCUT2D eigenvalue weighted by Crippen LogP contribution is -2.26. The van der Waals surface area contributed by atoms with Crippen molar-refractivity contribution >= 4 is 6.09 Å². The molecule has 3 rings (SSSR count). The van der Waals surface area contributed by atoms with Crippen LogP contribution in [0.4, 0.5) is 4.79 Å². The molecule has 1 aliphatic heterocycles.